The summed E-state index contributed by atoms with van der Waals surface area (Å²) in [4.78, 5) is 12.3. The Bertz CT molecular complexity index is 514. The van der Waals surface area contributed by atoms with Gasteiger partial charge in [-0.1, -0.05) is 0 Å². The molecule has 8 heteroatoms. The Morgan fingerprint density at radius 2 is 2.24 bits per heavy atom. The van der Waals surface area contributed by atoms with Crippen molar-refractivity contribution < 1.29 is 4.74 Å². The number of aryl methyl sites for hydroxylation is 1. The first kappa shape index (κ1) is 11.7. The molecule has 0 unspecified atom stereocenters. The number of nitrogens with one attached hydrogen (secondary N) is 1. The normalized spacial score (nSPS) is 10.3. The van der Waals surface area contributed by atoms with E-state index in [9.17, 15) is 0 Å². The molecule has 0 radical (unpaired) electrons. The van der Waals surface area contributed by atoms with Crippen LogP contribution in [0.3, 0.4) is 0 Å². The minimum absolute atomic E-state index is 0.444. The Kier molecular flexibility index (Phi) is 3.45. The van der Waals surface area contributed by atoms with Gasteiger partial charge in [0.2, 0.25) is 0 Å². The molecule has 17 heavy (non-hydrogen) atoms. The number of imidazole rings is 1. The summed E-state index contributed by atoms with van der Waals surface area (Å²) in [6, 6.07) is 0. The van der Waals surface area contributed by atoms with Gasteiger partial charge in [-0.05, 0) is 11.8 Å². The lowest BCUT2D eigenvalue weighted by Gasteiger charge is -2.09. The molecule has 0 atom stereocenters. The molecule has 0 aromatic carbocycles. The summed E-state index contributed by atoms with van der Waals surface area (Å²) >= 11 is 1.38. The van der Waals surface area contributed by atoms with Crippen LogP contribution in [0.1, 0.15) is 0 Å². The maximum atomic E-state index is 5.35. The third-order valence-electron chi connectivity index (χ3n) is 2.08. The summed E-state index contributed by atoms with van der Waals surface area (Å²) in [5, 5.41) is 1.47. The fourth-order valence-electron chi connectivity index (χ4n) is 1.25. The van der Waals surface area contributed by atoms with Gasteiger partial charge in [0.1, 0.15) is 6.33 Å². The molecule has 2 aromatic rings. The number of hydrazine groups is 1. The second-order valence-corrected chi connectivity index (χ2v) is 4.08. The van der Waals surface area contributed by atoms with Crippen molar-refractivity contribution in [3.8, 4) is 5.75 Å². The summed E-state index contributed by atoms with van der Waals surface area (Å²) in [7, 11) is 3.45. The van der Waals surface area contributed by atoms with E-state index in [1.807, 2.05) is 17.8 Å². The van der Waals surface area contributed by atoms with Crippen LogP contribution in [0.25, 0.3) is 0 Å². The molecule has 0 bridgehead atoms. The number of anilines is 1. The molecule has 0 spiro atoms. The monoisotopic (exact) mass is 252 g/mol. The average Bonchev–Trinajstić information content (AvgIpc) is 2.74. The van der Waals surface area contributed by atoms with Crippen LogP contribution in [0.4, 0.5) is 5.82 Å². The number of nitrogens with two attached hydrogens (primary N) is 1. The average molecular weight is 252 g/mol. The molecule has 0 aliphatic carbocycles. The zero-order valence-corrected chi connectivity index (χ0v) is 10.2. The van der Waals surface area contributed by atoms with Gasteiger partial charge in [-0.15, -0.1) is 0 Å². The maximum Gasteiger partial charge on any atom is 0.195 e. The van der Waals surface area contributed by atoms with Gasteiger partial charge in [0.05, 0.1) is 7.11 Å². The van der Waals surface area contributed by atoms with Crippen molar-refractivity contribution in [2.45, 2.75) is 10.2 Å². The van der Waals surface area contributed by atoms with Gasteiger partial charge >= 0.3 is 0 Å². The number of rotatable bonds is 4. The third-order valence-corrected chi connectivity index (χ3v) is 3.14. The largest absolute Gasteiger partial charge is 0.490 e. The minimum Gasteiger partial charge on any atom is -0.490 e. The van der Waals surface area contributed by atoms with Gasteiger partial charge in [0.15, 0.2) is 21.7 Å². The number of nitrogens with zero attached hydrogens (tertiary/aromatic N) is 4. The highest BCUT2D eigenvalue weighted by Crippen LogP contribution is 2.35. The van der Waals surface area contributed by atoms with E-state index in [0.29, 0.717) is 16.6 Å². The Morgan fingerprint density at radius 1 is 1.41 bits per heavy atom. The molecule has 2 heterocycles. The molecular weight excluding hydrogens is 240 g/mol. The molecule has 90 valence electrons. The Labute approximate surface area is 102 Å². The fraction of sp³-hybridized carbons (Fsp3) is 0.222. The minimum atomic E-state index is 0.444. The Morgan fingerprint density at radius 3 is 2.82 bits per heavy atom. The van der Waals surface area contributed by atoms with Crippen LogP contribution in [0.15, 0.2) is 28.9 Å². The van der Waals surface area contributed by atoms with Crippen LogP contribution >= 0.6 is 11.8 Å². The number of aromatic nitrogens is 4. The predicted molar refractivity (Wildman–Crippen MR) is 63.7 cm³/mol. The predicted octanol–water partition coefficient (Wildman–Crippen LogP) is 0.655. The molecule has 0 saturated carbocycles. The van der Waals surface area contributed by atoms with Crippen molar-refractivity contribution in [3.63, 3.8) is 0 Å². The van der Waals surface area contributed by atoms with Crippen molar-refractivity contribution in [1.29, 1.82) is 0 Å². The van der Waals surface area contributed by atoms with Crippen molar-refractivity contribution in [1.82, 2.24) is 19.5 Å². The standard InChI is InChI=1S/C9H12N6OS/c1-15-4-3-11-9(15)17-8-6(16-2)7(14-10)12-5-13-8/h3-5H,10H2,1-2H3,(H,12,13,14). The molecule has 0 saturated heterocycles. The van der Waals surface area contributed by atoms with E-state index in [2.05, 4.69) is 20.4 Å². The van der Waals surface area contributed by atoms with E-state index in [1.165, 1.54) is 18.1 Å². The Hall–Kier alpha value is -1.80. The highest BCUT2D eigenvalue weighted by Gasteiger charge is 2.14. The van der Waals surface area contributed by atoms with Crippen LogP contribution in [-0.4, -0.2) is 26.6 Å². The molecular formula is C9H12N6OS. The molecule has 3 N–H and O–H groups in total. The summed E-state index contributed by atoms with van der Waals surface area (Å²) in [6.45, 7) is 0. The summed E-state index contributed by atoms with van der Waals surface area (Å²) < 4.78 is 7.12. The van der Waals surface area contributed by atoms with Gasteiger partial charge in [-0.3, -0.25) is 0 Å². The van der Waals surface area contributed by atoms with Crippen molar-refractivity contribution in [3.05, 3.63) is 18.7 Å². The van der Waals surface area contributed by atoms with E-state index in [1.54, 1.807) is 13.3 Å². The van der Waals surface area contributed by atoms with Crippen LogP contribution < -0.4 is 16.0 Å². The summed E-state index contributed by atoms with van der Waals surface area (Å²) in [5.41, 5.74) is 2.46. The van der Waals surface area contributed by atoms with Crippen LogP contribution in [0, 0.1) is 0 Å². The fourth-order valence-corrected chi connectivity index (χ4v) is 2.12. The SMILES string of the molecule is COc1c(NN)ncnc1Sc1nccn1C. The zero-order valence-electron chi connectivity index (χ0n) is 9.41. The highest BCUT2D eigenvalue weighted by molar-refractivity contribution is 7.99. The lowest BCUT2D eigenvalue weighted by molar-refractivity contribution is 0.400. The Balaban J connectivity index is 2.36. The number of ether oxygens (including phenoxy) is 1. The molecule has 7 nitrogen and oxygen atoms in total. The van der Waals surface area contributed by atoms with Gasteiger partial charge in [0.25, 0.3) is 0 Å². The topological polar surface area (TPSA) is 90.9 Å². The molecule has 0 aliphatic heterocycles. The molecule has 0 amide bonds. The zero-order chi connectivity index (χ0) is 12.3. The van der Waals surface area contributed by atoms with E-state index < -0.39 is 0 Å². The van der Waals surface area contributed by atoms with Gasteiger partial charge < -0.3 is 14.7 Å². The van der Waals surface area contributed by atoms with Crippen LogP contribution in [-0.2, 0) is 7.05 Å². The first-order chi connectivity index (χ1) is 8.26. The second-order valence-electron chi connectivity index (χ2n) is 3.13. The van der Waals surface area contributed by atoms with E-state index in [-0.39, 0.29) is 0 Å². The quantitative estimate of drug-likeness (QED) is 0.469. The van der Waals surface area contributed by atoms with Gasteiger partial charge in [-0.25, -0.2) is 20.8 Å². The van der Waals surface area contributed by atoms with Crippen molar-refractivity contribution in [2.75, 3.05) is 12.5 Å². The first-order valence-corrected chi connectivity index (χ1v) is 5.58. The van der Waals surface area contributed by atoms with Crippen LogP contribution in [0.5, 0.6) is 5.75 Å². The summed E-state index contributed by atoms with van der Waals surface area (Å²) in [6.07, 6.45) is 5.00. The van der Waals surface area contributed by atoms with Crippen molar-refractivity contribution >= 4 is 17.6 Å². The van der Waals surface area contributed by atoms with E-state index >= 15 is 0 Å². The number of hydrogen-bond donors (Lipinski definition) is 2. The molecule has 0 fully saturated rings. The van der Waals surface area contributed by atoms with Gasteiger partial charge in [0, 0.05) is 19.4 Å². The third kappa shape index (κ3) is 2.32. The smallest absolute Gasteiger partial charge is 0.195 e. The van der Waals surface area contributed by atoms with Crippen LogP contribution in [0.2, 0.25) is 0 Å². The van der Waals surface area contributed by atoms with E-state index in [4.69, 9.17) is 10.6 Å². The highest BCUT2D eigenvalue weighted by atomic mass is 32.2. The molecule has 2 rings (SSSR count). The lowest BCUT2D eigenvalue weighted by Crippen LogP contribution is -2.11. The molecule has 0 aliphatic rings. The summed E-state index contributed by atoms with van der Waals surface area (Å²) in [5.74, 6) is 6.29. The van der Waals surface area contributed by atoms with E-state index in [0.717, 1.165) is 5.16 Å². The second kappa shape index (κ2) is 5.02. The number of nitrogen functional groups attached to an aromatic ring is 1. The number of hydrogen-bond acceptors (Lipinski definition) is 7. The van der Waals surface area contributed by atoms with Crippen molar-refractivity contribution in [2.24, 2.45) is 12.9 Å². The number of methoxy groups -OCH3 is 1. The van der Waals surface area contributed by atoms with Gasteiger partial charge in [-0.2, -0.15) is 0 Å². The maximum absolute atomic E-state index is 5.35. The molecule has 2 aromatic heterocycles. The first-order valence-electron chi connectivity index (χ1n) is 4.77. The lowest BCUT2D eigenvalue weighted by atomic mass is 10.5.